The van der Waals surface area contributed by atoms with Crippen LogP contribution in [0.25, 0.3) is 11.0 Å². The van der Waals surface area contributed by atoms with E-state index in [1.54, 1.807) is 23.1 Å². The van der Waals surface area contributed by atoms with Gasteiger partial charge < -0.3 is 9.32 Å². The maximum Gasteiger partial charge on any atom is 0.291 e. The van der Waals surface area contributed by atoms with Gasteiger partial charge in [0, 0.05) is 11.0 Å². The molecule has 1 amide bonds. The summed E-state index contributed by atoms with van der Waals surface area (Å²) in [5.74, 6) is -0.624. The van der Waals surface area contributed by atoms with E-state index in [1.807, 2.05) is 44.2 Å². The molecule has 3 aromatic carbocycles. The van der Waals surface area contributed by atoms with Crippen molar-refractivity contribution in [2.75, 3.05) is 0 Å². The van der Waals surface area contributed by atoms with Gasteiger partial charge in [0.2, 0.25) is 5.76 Å². The smallest absolute Gasteiger partial charge is 0.291 e. The molecule has 1 aliphatic heterocycles. The topological polar surface area (TPSA) is 50.5 Å². The highest BCUT2D eigenvalue weighted by molar-refractivity contribution is 9.10. The maximum atomic E-state index is 13.7. The van der Waals surface area contributed by atoms with Gasteiger partial charge in [-0.05, 0) is 66.4 Å². The van der Waals surface area contributed by atoms with Crippen LogP contribution in [0.2, 0.25) is 0 Å². The van der Waals surface area contributed by atoms with Crippen molar-refractivity contribution in [1.82, 2.24) is 4.90 Å². The average molecular weight is 492 g/mol. The lowest BCUT2D eigenvalue weighted by Crippen LogP contribution is -2.29. The molecule has 6 heteroatoms. The Kier molecular flexibility index (Phi) is 4.97. The molecule has 0 saturated heterocycles. The molecule has 0 fully saturated rings. The van der Waals surface area contributed by atoms with Crippen LogP contribution in [0.1, 0.15) is 44.4 Å². The van der Waals surface area contributed by atoms with Gasteiger partial charge in [-0.3, -0.25) is 9.59 Å². The summed E-state index contributed by atoms with van der Waals surface area (Å²) in [6.07, 6.45) is 0. The Morgan fingerprint density at radius 3 is 2.38 bits per heavy atom. The summed E-state index contributed by atoms with van der Waals surface area (Å²) in [5, 5.41) is 0.493. The molecule has 0 N–H and O–H groups in total. The number of aryl methyl sites for hydroxylation is 2. The second kappa shape index (κ2) is 7.71. The molecule has 0 bridgehead atoms. The van der Waals surface area contributed by atoms with E-state index >= 15 is 0 Å². The molecule has 4 nitrogen and oxygen atoms in total. The molecule has 32 heavy (non-hydrogen) atoms. The van der Waals surface area contributed by atoms with E-state index < -0.39 is 6.04 Å². The molecule has 0 aliphatic carbocycles. The van der Waals surface area contributed by atoms with E-state index in [2.05, 4.69) is 15.9 Å². The van der Waals surface area contributed by atoms with Gasteiger partial charge in [-0.15, -0.1) is 0 Å². The number of hydrogen-bond donors (Lipinski definition) is 0. The largest absolute Gasteiger partial charge is 0.450 e. The number of fused-ring (bicyclic) bond motifs is 2. The number of halogens is 2. The molecule has 5 rings (SSSR count). The standard InChI is InChI=1S/C26H19BrFNO3/c1-14-11-15(2)21-20(12-14)32-25-22(24(21)30)23(17-5-7-18(27)8-6-17)29(26(25)31)13-16-3-9-19(28)10-4-16/h3-12,23H,13H2,1-2H3. The van der Waals surface area contributed by atoms with E-state index in [4.69, 9.17) is 4.42 Å². The molecule has 2 heterocycles. The molecule has 1 aliphatic rings. The van der Waals surface area contributed by atoms with Crippen LogP contribution >= 0.6 is 15.9 Å². The third kappa shape index (κ3) is 3.35. The van der Waals surface area contributed by atoms with E-state index in [9.17, 15) is 14.0 Å². The van der Waals surface area contributed by atoms with Crippen molar-refractivity contribution in [3.63, 3.8) is 0 Å². The Morgan fingerprint density at radius 1 is 1.00 bits per heavy atom. The van der Waals surface area contributed by atoms with Crippen LogP contribution in [0, 0.1) is 19.7 Å². The number of rotatable bonds is 3. The fourth-order valence-electron chi connectivity index (χ4n) is 4.45. The zero-order chi connectivity index (χ0) is 22.6. The molecule has 1 atom stereocenters. The van der Waals surface area contributed by atoms with Crippen molar-refractivity contribution in [2.45, 2.75) is 26.4 Å². The van der Waals surface area contributed by atoms with Gasteiger partial charge in [-0.1, -0.05) is 46.3 Å². The highest BCUT2D eigenvalue weighted by Crippen LogP contribution is 2.39. The molecule has 0 saturated carbocycles. The van der Waals surface area contributed by atoms with Gasteiger partial charge in [0.15, 0.2) is 5.43 Å². The lowest BCUT2D eigenvalue weighted by molar-refractivity contribution is 0.0714. The number of benzene rings is 3. The quantitative estimate of drug-likeness (QED) is 0.350. The molecule has 4 aromatic rings. The number of nitrogens with zero attached hydrogens (tertiary/aromatic N) is 1. The zero-order valence-electron chi connectivity index (χ0n) is 17.5. The lowest BCUT2D eigenvalue weighted by Gasteiger charge is -2.25. The predicted octanol–water partition coefficient (Wildman–Crippen LogP) is 6.06. The first-order chi connectivity index (χ1) is 15.3. The monoisotopic (exact) mass is 491 g/mol. The van der Waals surface area contributed by atoms with Gasteiger partial charge in [-0.25, -0.2) is 4.39 Å². The van der Waals surface area contributed by atoms with Gasteiger partial charge >= 0.3 is 0 Å². The normalized spacial score (nSPS) is 15.4. The Bertz CT molecular complexity index is 1430. The van der Waals surface area contributed by atoms with Crippen molar-refractivity contribution in [3.8, 4) is 0 Å². The van der Waals surface area contributed by atoms with Crippen LogP contribution in [-0.4, -0.2) is 10.8 Å². The fraction of sp³-hybridized carbons (Fsp3) is 0.154. The van der Waals surface area contributed by atoms with Crippen LogP contribution in [0.5, 0.6) is 0 Å². The second-order valence-corrected chi connectivity index (χ2v) is 9.06. The summed E-state index contributed by atoms with van der Waals surface area (Å²) in [6.45, 7) is 4.02. The van der Waals surface area contributed by atoms with Crippen LogP contribution in [0.4, 0.5) is 4.39 Å². The molecular weight excluding hydrogens is 473 g/mol. The summed E-state index contributed by atoms with van der Waals surface area (Å²) < 4.78 is 20.4. The Hall–Kier alpha value is -3.25. The lowest BCUT2D eigenvalue weighted by atomic mass is 9.97. The minimum Gasteiger partial charge on any atom is -0.450 e. The first-order valence-corrected chi connectivity index (χ1v) is 11.0. The van der Waals surface area contributed by atoms with Gasteiger partial charge in [0.25, 0.3) is 5.91 Å². The third-order valence-electron chi connectivity index (χ3n) is 5.86. The Balaban J connectivity index is 1.74. The Labute approximate surface area is 192 Å². The first-order valence-electron chi connectivity index (χ1n) is 10.2. The highest BCUT2D eigenvalue weighted by Gasteiger charge is 2.42. The van der Waals surface area contributed by atoms with Crippen LogP contribution < -0.4 is 5.43 Å². The predicted molar refractivity (Wildman–Crippen MR) is 124 cm³/mol. The summed E-state index contributed by atoms with van der Waals surface area (Å²) in [5.41, 5.74) is 3.91. The van der Waals surface area contributed by atoms with Crippen LogP contribution in [0.3, 0.4) is 0 Å². The number of hydrogen-bond acceptors (Lipinski definition) is 3. The third-order valence-corrected chi connectivity index (χ3v) is 6.39. The second-order valence-electron chi connectivity index (χ2n) is 8.14. The van der Waals surface area contributed by atoms with Gasteiger partial charge in [-0.2, -0.15) is 0 Å². The Morgan fingerprint density at radius 2 is 1.69 bits per heavy atom. The molecule has 0 radical (unpaired) electrons. The zero-order valence-corrected chi connectivity index (χ0v) is 19.1. The molecular formula is C26H19BrFNO3. The van der Waals surface area contributed by atoms with Crippen molar-refractivity contribution in [3.05, 3.63) is 115 Å². The highest BCUT2D eigenvalue weighted by atomic mass is 79.9. The molecule has 1 unspecified atom stereocenters. The maximum absolute atomic E-state index is 13.7. The summed E-state index contributed by atoms with van der Waals surface area (Å²) in [6, 6.07) is 16.7. The SMILES string of the molecule is Cc1cc(C)c2c(=O)c3c(oc2c1)C(=O)N(Cc1ccc(F)cc1)C3c1ccc(Br)cc1. The van der Waals surface area contributed by atoms with Crippen LogP contribution in [-0.2, 0) is 6.54 Å². The van der Waals surface area contributed by atoms with Crippen LogP contribution in [0.15, 0.2) is 74.3 Å². The van der Waals surface area contributed by atoms with E-state index in [1.165, 1.54) is 12.1 Å². The van der Waals surface area contributed by atoms with Gasteiger partial charge in [0.05, 0.1) is 17.0 Å². The first kappa shape index (κ1) is 20.6. The average Bonchev–Trinajstić information content (AvgIpc) is 3.02. The molecule has 0 spiro atoms. The minimum atomic E-state index is -0.600. The summed E-state index contributed by atoms with van der Waals surface area (Å²) >= 11 is 3.44. The van der Waals surface area contributed by atoms with Crippen molar-refractivity contribution < 1.29 is 13.6 Å². The van der Waals surface area contributed by atoms with Gasteiger partial charge in [0.1, 0.15) is 11.4 Å². The molecule has 160 valence electrons. The van der Waals surface area contributed by atoms with E-state index in [0.29, 0.717) is 16.5 Å². The van der Waals surface area contributed by atoms with Crippen molar-refractivity contribution >= 4 is 32.8 Å². The fourth-order valence-corrected chi connectivity index (χ4v) is 4.72. The number of carbonyl (C=O) groups is 1. The molecule has 1 aromatic heterocycles. The van der Waals surface area contributed by atoms with E-state index in [-0.39, 0.29) is 29.5 Å². The number of carbonyl (C=O) groups excluding carboxylic acids is 1. The number of amides is 1. The van der Waals surface area contributed by atoms with E-state index in [0.717, 1.165) is 26.7 Å². The minimum absolute atomic E-state index is 0.0718. The van der Waals surface area contributed by atoms with Crippen molar-refractivity contribution in [1.29, 1.82) is 0 Å². The summed E-state index contributed by atoms with van der Waals surface area (Å²) in [4.78, 5) is 28.8. The van der Waals surface area contributed by atoms with Crippen molar-refractivity contribution in [2.24, 2.45) is 0 Å². The summed E-state index contributed by atoms with van der Waals surface area (Å²) in [7, 11) is 0.